The summed E-state index contributed by atoms with van der Waals surface area (Å²) >= 11 is 1.77. The van der Waals surface area contributed by atoms with Gasteiger partial charge in [-0.15, -0.1) is 11.8 Å². The Labute approximate surface area is 67.1 Å². The zero-order valence-electron chi connectivity index (χ0n) is 5.29. The second-order valence-corrected chi connectivity index (χ2v) is 2.40. The molecule has 0 N–H and O–H groups in total. The van der Waals surface area contributed by atoms with E-state index in [2.05, 4.69) is 18.4 Å². The standard InChI is InChI=1S/C7H8S.H2S/c1-8-7-5-3-2-4-6-7;/h2-6H,1H3;1H2. The minimum atomic E-state index is 0. The SMILES string of the molecule is CSc1ccccc1.S. The van der Waals surface area contributed by atoms with E-state index in [1.54, 1.807) is 11.8 Å². The number of thioether (sulfide) groups is 1. The van der Waals surface area contributed by atoms with E-state index in [0.717, 1.165) is 0 Å². The lowest BCUT2D eigenvalue weighted by Crippen LogP contribution is -1.62. The van der Waals surface area contributed by atoms with E-state index in [9.17, 15) is 0 Å². The summed E-state index contributed by atoms with van der Waals surface area (Å²) in [7, 11) is 0. The van der Waals surface area contributed by atoms with Crippen molar-refractivity contribution in [2.45, 2.75) is 4.90 Å². The molecule has 0 atom stereocenters. The minimum Gasteiger partial charge on any atom is -0.197 e. The van der Waals surface area contributed by atoms with Crippen molar-refractivity contribution >= 4 is 25.3 Å². The van der Waals surface area contributed by atoms with E-state index >= 15 is 0 Å². The van der Waals surface area contributed by atoms with Crippen LogP contribution in [0.4, 0.5) is 0 Å². The highest BCUT2D eigenvalue weighted by molar-refractivity contribution is 7.98. The second kappa shape index (κ2) is 4.77. The molecule has 2 heteroatoms. The van der Waals surface area contributed by atoms with Crippen molar-refractivity contribution in [3.05, 3.63) is 30.3 Å². The Kier molecular flexibility index (Phi) is 4.72. The van der Waals surface area contributed by atoms with Crippen molar-refractivity contribution in [3.8, 4) is 0 Å². The maximum atomic E-state index is 2.10. The van der Waals surface area contributed by atoms with Crippen LogP contribution < -0.4 is 0 Å². The molecular weight excluding hydrogens is 148 g/mol. The van der Waals surface area contributed by atoms with Gasteiger partial charge in [-0.05, 0) is 18.4 Å². The highest BCUT2D eigenvalue weighted by atomic mass is 32.2. The van der Waals surface area contributed by atoms with Crippen molar-refractivity contribution in [3.63, 3.8) is 0 Å². The molecule has 0 fully saturated rings. The van der Waals surface area contributed by atoms with Crippen LogP contribution in [-0.4, -0.2) is 6.26 Å². The Hall–Kier alpha value is -0.0800. The molecule has 0 radical (unpaired) electrons. The van der Waals surface area contributed by atoms with E-state index in [4.69, 9.17) is 0 Å². The second-order valence-electron chi connectivity index (χ2n) is 1.52. The topological polar surface area (TPSA) is 0 Å². The molecule has 50 valence electrons. The minimum absolute atomic E-state index is 0. The van der Waals surface area contributed by atoms with Crippen molar-refractivity contribution in [1.29, 1.82) is 0 Å². The lowest BCUT2D eigenvalue weighted by atomic mass is 10.4. The first-order valence-corrected chi connectivity index (χ1v) is 3.75. The Morgan fingerprint density at radius 1 is 1.11 bits per heavy atom. The monoisotopic (exact) mass is 158 g/mol. The molecule has 1 rings (SSSR count). The lowest BCUT2D eigenvalue weighted by Gasteiger charge is -1.89. The molecule has 0 nitrogen and oxygen atoms in total. The van der Waals surface area contributed by atoms with Crippen LogP contribution in [0.3, 0.4) is 0 Å². The van der Waals surface area contributed by atoms with Gasteiger partial charge in [-0.1, -0.05) is 18.2 Å². The largest absolute Gasteiger partial charge is 0.197 e. The van der Waals surface area contributed by atoms with Crippen LogP contribution in [-0.2, 0) is 0 Å². The molecule has 1 aromatic carbocycles. The van der Waals surface area contributed by atoms with Gasteiger partial charge in [0.15, 0.2) is 0 Å². The Morgan fingerprint density at radius 2 is 1.67 bits per heavy atom. The molecular formula is C7H10S2. The number of hydrogen-bond donors (Lipinski definition) is 0. The van der Waals surface area contributed by atoms with Gasteiger partial charge in [0.1, 0.15) is 0 Å². The van der Waals surface area contributed by atoms with Gasteiger partial charge in [-0.2, -0.15) is 13.5 Å². The maximum absolute atomic E-state index is 2.10. The number of hydrogen-bond acceptors (Lipinski definition) is 1. The molecule has 0 aromatic heterocycles. The van der Waals surface area contributed by atoms with Crippen LogP contribution in [0.15, 0.2) is 35.2 Å². The number of benzene rings is 1. The summed E-state index contributed by atoms with van der Waals surface area (Å²) < 4.78 is 0. The van der Waals surface area contributed by atoms with E-state index in [-0.39, 0.29) is 13.5 Å². The van der Waals surface area contributed by atoms with Gasteiger partial charge < -0.3 is 0 Å². The lowest BCUT2D eigenvalue weighted by molar-refractivity contribution is 1.47. The molecule has 0 amide bonds. The average molecular weight is 158 g/mol. The number of rotatable bonds is 1. The first-order valence-electron chi connectivity index (χ1n) is 2.52. The summed E-state index contributed by atoms with van der Waals surface area (Å²) in [5.41, 5.74) is 0. The molecule has 1 aromatic rings. The first-order chi connectivity index (χ1) is 3.93. The molecule has 0 saturated carbocycles. The van der Waals surface area contributed by atoms with Crippen molar-refractivity contribution < 1.29 is 0 Å². The van der Waals surface area contributed by atoms with Crippen LogP contribution >= 0.6 is 25.3 Å². The average Bonchev–Trinajstić information content (AvgIpc) is 1.90. The zero-order valence-corrected chi connectivity index (χ0v) is 7.11. The third kappa shape index (κ3) is 2.82. The maximum Gasteiger partial charge on any atom is 0.00691 e. The van der Waals surface area contributed by atoms with Gasteiger partial charge in [0, 0.05) is 4.90 Å². The zero-order chi connectivity index (χ0) is 5.82. The molecule has 0 aliphatic heterocycles. The highest BCUT2D eigenvalue weighted by Crippen LogP contribution is 2.11. The Bertz CT molecular complexity index is 148. The molecule has 0 heterocycles. The fourth-order valence-electron chi connectivity index (χ4n) is 0.557. The van der Waals surface area contributed by atoms with Gasteiger partial charge >= 0.3 is 0 Å². The summed E-state index contributed by atoms with van der Waals surface area (Å²) in [5.74, 6) is 0. The first kappa shape index (κ1) is 8.92. The van der Waals surface area contributed by atoms with E-state index in [1.807, 2.05) is 18.2 Å². The predicted molar refractivity (Wildman–Crippen MR) is 48.6 cm³/mol. The Balaban J connectivity index is 0.000000640. The summed E-state index contributed by atoms with van der Waals surface area (Å²) in [5, 5.41) is 0. The third-order valence-corrected chi connectivity index (χ3v) is 1.72. The molecule has 0 bridgehead atoms. The van der Waals surface area contributed by atoms with Crippen LogP contribution in [0, 0.1) is 0 Å². The predicted octanol–water partition coefficient (Wildman–Crippen LogP) is 2.52. The smallest absolute Gasteiger partial charge is 0.00691 e. The van der Waals surface area contributed by atoms with E-state index in [1.165, 1.54) is 4.90 Å². The van der Waals surface area contributed by atoms with Crippen molar-refractivity contribution in [2.75, 3.05) is 6.26 Å². The Morgan fingerprint density at radius 3 is 2.00 bits per heavy atom. The van der Waals surface area contributed by atoms with Crippen LogP contribution in [0.2, 0.25) is 0 Å². The molecule has 0 aliphatic carbocycles. The third-order valence-electron chi connectivity index (χ3n) is 0.979. The van der Waals surface area contributed by atoms with Crippen molar-refractivity contribution in [1.82, 2.24) is 0 Å². The van der Waals surface area contributed by atoms with Crippen LogP contribution in [0.5, 0.6) is 0 Å². The van der Waals surface area contributed by atoms with Gasteiger partial charge in [-0.3, -0.25) is 0 Å². The molecule has 0 saturated heterocycles. The summed E-state index contributed by atoms with van der Waals surface area (Å²) in [6, 6.07) is 10.3. The van der Waals surface area contributed by atoms with Gasteiger partial charge in [-0.25, -0.2) is 0 Å². The molecule has 0 unspecified atom stereocenters. The van der Waals surface area contributed by atoms with Crippen LogP contribution in [0.25, 0.3) is 0 Å². The van der Waals surface area contributed by atoms with E-state index in [0.29, 0.717) is 0 Å². The normalized spacial score (nSPS) is 8.11. The van der Waals surface area contributed by atoms with Gasteiger partial charge in [0.05, 0.1) is 0 Å². The van der Waals surface area contributed by atoms with E-state index < -0.39 is 0 Å². The van der Waals surface area contributed by atoms with Crippen molar-refractivity contribution in [2.24, 2.45) is 0 Å². The quantitative estimate of drug-likeness (QED) is 0.566. The molecule has 0 spiro atoms. The fraction of sp³-hybridized carbons (Fsp3) is 0.143. The van der Waals surface area contributed by atoms with Gasteiger partial charge in [0.2, 0.25) is 0 Å². The summed E-state index contributed by atoms with van der Waals surface area (Å²) in [6.07, 6.45) is 2.08. The highest BCUT2D eigenvalue weighted by Gasteiger charge is 1.80. The summed E-state index contributed by atoms with van der Waals surface area (Å²) in [4.78, 5) is 1.33. The fourth-order valence-corrected chi connectivity index (χ4v) is 0.986. The molecule has 9 heavy (non-hydrogen) atoms. The molecule has 0 aliphatic rings. The van der Waals surface area contributed by atoms with Gasteiger partial charge in [0.25, 0.3) is 0 Å². The summed E-state index contributed by atoms with van der Waals surface area (Å²) in [6.45, 7) is 0. The van der Waals surface area contributed by atoms with Crippen LogP contribution in [0.1, 0.15) is 0 Å².